The molecule has 2 aromatic rings. The summed E-state index contributed by atoms with van der Waals surface area (Å²) in [5.41, 5.74) is 2.26. The molecule has 0 amide bonds. The Balaban J connectivity index is 1.79. The van der Waals surface area contributed by atoms with Gasteiger partial charge in [-0.3, -0.25) is 4.68 Å². The second-order valence-electron chi connectivity index (χ2n) is 4.66. The molecule has 0 spiro atoms. The Bertz CT molecular complexity index is 467. The third-order valence-electron chi connectivity index (χ3n) is 3.03. The van der Waals surface area contributed by atoms with Crippen LogP contribution in [0.4, 0.5) is 5.69 Å². The van der Waals surface area contributed by atoms with Crippen LogP contribution in [0, 0.1) is 0 Å². The SMILES string of the molecule is CC(CCn1cncn1)Nc1ccc(CCO)cc1. The predicted molar refractivity (Wildman–Crippen MR) is 75.0 cm³/mol. The second-order valence-corrected chi connectivity index (χ2v) is 4.66. The Morgan fingerprint density at radius 1 is 1.32 bits per heavy atom. The van der Waals surface area contributed by atoms with E-state index in [1.807, 2.05) is 16.8 Å². The van der Waals surface area contributed by atoms with E-state index in [-0.39, 0.29) is 6.61 Å². The van der Waals surface area contributed by atoms with Crippen molar-refractivity contribution in [3.8, 4) is 0 Å². The van der Waals surface area contributed by atoms with Crippen LogP contribution in [0.3, 0.4) is 0 Å². The van der Waals surface area contributed by atoms with Gasteiger partial charge in [0.25, 0.3) is 0 Å². The van der Waals surface area contributed by atoms with E-state index < -0.39 is 0 Å². The largest absolute Gasteiger partial charge is 0.396 e. The molecule has 0 aliphatic carbocycles. The number of nitrogens with zero attached hydrogens (tertiary/aromatic N) is 3. The molecule has 1 atom stereocenters. The molecule has 0 bridgehead atoms. The molecule has 0 aliphatic heterocycles. The highest BCUT2D eigenvalue weighted by molar-refractivity contribution is 5.45. The van der Waals surface area contributed by atoms with Gasteiger partial charge in [-0.2, -0.15) is 5.10 Å². The average Bonchev–Trinajstić information content (AvgIpc) is 2.92. The van der Waals surface area contributed by atoms with E-state index in [1.165, 1.54) is 0 Å². The zero-order valence-electron chi connectivity index (χ0n) is 11.2. The quantitative estimate of drug-likeness (QED) is 0.795. The van der Waals surface area contributed by atoms with Crippen LogP contribution >= 0.6 is 0 Å². The molecule has 1 aromatic carbocycles. The third kappa shape index (κ3) is 4.37. The fourth-order valence-electron chi connectivity index (χ4n) is 1.93. The summed E-state index contributed by atoms with van der Waals surface area (Å²) in [7, 11) is 0. The van der Waals surface area contributed by atoms with Crippen LogP contribution in [0.2, 0.25) is 0 Å². The molecule has 0 aliphatic rings. The number of aliphatic hydroxyl groups is 1. The predicted octanol–water partition coefficient (Wildman–Crippen LogP) is 1.70. The van der Waals surface area contributed by atoms with Gasteiger partial charge in [-0.1, -0.05) is 12.1 Å². The molecule has 5 nitrogen and oxygen atoms in total. The molecule has 2 rings (SSSR count). The molecule has 0 radical (unpaired) electrons. The first-order valence-electron chi connectivity index (χ1n) is 6.56. The summed E-state index contributed by atoms with van der Waals surface area (Å²) in [5, 5.41) is 16.4. The minimum absolute atomic E-state index is 0.196. The number of hydrogen-bond acceptors (Lipinski definition) is 4. The molecular weight excluding hydrogens is 240 g/mol. The van der Waals surface area contributed by atoms with Crippen LogP contribution in [0.1, 0.15) is 18.9 Å². The Morgan fingerprint density at radius 3 is 2.74 bits per heavy atom. The van der Waals surface area contributed by atoms with Crippen LogP contribution in [-0.4, -0.2) is 32.5 Å². The molecule has 1 unspecified atom stereocenters. The molecule has 0 fully saturated rings. The minimum Gasteiger partial charge on any atom is -0.396 e. The number of aryl methyl sites for hydroxylation is 1. The van der Waals surface area contributed by atoms with E-state index in [9.17, 15) is 0 Å². The number of nitrogens with one attached hydrogen (secondary N) is 1. The monoisotopic (exact) mass is 260 g/mol. The van der Waals surface area contributed by atoms with Crippen LogP contribution in [-0.2, 0) is 13.0 Å². The van der Waals surface area contributed by atoms with Crippen molar-refractivity contribution in [2.45, 2.75) is 32.4 Å². The fourth-order valence-corrected chi connectivity index (χ4v) is 1.93. The fraction of sp³-hybridized carbons (Fsp3) is 0.429. The van der Waals surface area contributed by atoms with Crippen LogP contribution < -0.4 is 5.32 Å². The lowest BCUT2D eigenvalue weighted by Crippen LogP contribution is -2.17. The van der Waals surface area contributed by atoms with E-state index in [4.69, 9.17) is 5.11 Å². The Labute approximate surface area is 113 Å². The summed E-state index contributed by atoms with van der Waals surface area (Å²) in [4.78, 5) is 3.92. The number of hydrogen-bond donors (Lipinski definition) is 2. The number of anilines is 1. The lowest BCUT2D eigenvalue weighted by Gasteiger charge is -2.15. The average molecular weight is 260 g/mol. The van der Waals surface area contributed by atoms with E-state index in [0.29, 0.717) is 12.5 Å². The lowest BCUT2D eigenvalue weighted by atomic mass is 10.1. The highest BCUT2D eigenvalue weighted by atomic mass is 16.2. The van der Waals surface area contributed by atoms with E-state index in [1.54, 1.807) is 12.7 Å². The Kier molecular flexibility index (Phi) is 4.92. The normalized spacial score (nSPS) is 12.3. The first-order valence-corrected chi connectivity index (χ1v) is 6.56. The van der Waals surface area contributed by atoms with Crippen molar-refractivity contribution < 1.29 is 5.11 Å². The lowest BCUT2D eigenvalue weighted by molar-refractivity contribution is 0.299. The Morgan fingerprint density at radius 2 is 2.11 bits per heavy atom. The van der Waals surface area contributed by atoms with E-state index in [2.05, 4.69) is 34.5 Å². The molecule has 2 N–H and O–H groups in total. The maximum Gasteiger partial charge on any atom is 0.137 e. The van der Waals surface area contributed by atoms with Crippen LogP contribution in [0.15, 0.2) is 36.9 Å². The van der Waals surface area contributed by atoms with Crippen molar-refractivity contribution in [1.29, 1.82) is 0 Å². The summed E-state index contributed by atoms with van der Waals surface area (Å²) >= 11 is 0. The molecule has 1 aromatic heterocycles. The molecule has 102 valence electrons. The van der Waals surface area contributed by atoms with E-state index in [0.717, 1.165) is 24.2 Å². The highest BCUT2D eigenvalue weighted by Gasteiger charge is 2.03. The number of rotatable bonds is 7. The molecule has 5 heteroatoms. The summed E-state index contributed by atoms with van der Waals surface area (Å²) in [6.45, 7) is 3.20. The first-order chi connectivity index (χ1) is 9.28. The maximum atomic E-state index is 8.87. The van der Waals surface area contributed by atoms with Gasteiger partial charge in [0, 0.05) is 24.9 Å². The second kappa shape index (κ2) is 6.89. The van der Waals surface area contributed by atoms with Gasteiger partial charge in [0.05, 0.1) is 0 Å². The smallest absolute Gasteiger partial charge is 0.137 e. The van der Waals surface area contributed by atoms with Gasteiger partial charge in [0.2, 0.25) is 0 Å². The van der Waals surface area contributed by atoms with Gasteiger partial charge in [-0.25, -0.2) is 4.98 Å². The third-order valence-corrected chi connectivity index (χ3v) is 3.03. The standard InChI is InChI=1S/C14H20N4O/c1-12(6-8-18-11-15-10-16-18)17-14-4-2-13(3-5-14)7-9-19/h2-5,10-12,17,19H,6-9H2,1H3. The molecule has 0 saturated heterocycles. The van der Waals surface area contributed by atoms with Crippen molar-refractivity contribution in [2.24, 2.45) is 0 Å². The summed E-state index contributed by atoms with van der Waals surface area (Å²) < 4.78 is 1.84. The zero-order chi connectivity index (χ0) is 13.5. The number of aliphatic hydroxyl groups excluding tert-OH is 1. The molecular formula is C14H20N4O. The molecule has 19 heavy (non-hydrogen) atoms. The molecule has 0 saturated carbocycles. The zero-order valence-corrected chi connectivity index (χ0v) is 11.2. The maximum absolute atomic E-state index is 8.87. The summed E-state index contributed by atoms with van der Waals surface area (Å²) in [6, 6.07) is 8.56. The van der Waals surface area contributed by atoms with Crippen molar-refractivity contribution >= 4 is 5.69 Å². The van der Waals surface area contributed by atoms with Crippen molar-refractivity contribution in [3.63, 3.8) is 0 Å². The number of benzene rings is 1. The Hall–Kier alpha value is -1.88. The van der Waals surface area contributed by atoms with Crippen molar-refractivity contribution in [2.75, 3.05) is 11.9 Å². The first kappa shape index (κ1) is 13.5. The van der Waals surface area contributed by atoms with Gasteiger partial charge in [-0.15, -0.1) is 0 Å². The van der Waals surface area contributed by atoms with E-state index >= 15 is 0 Å². The summed E-state index contributed by atoms with van der Waals surface area (Å²) in [6.07, 6.45) is 4.98. The summed E-state index contributed by atoms with van der Waals surface area (Å²) in [5.74, 6) is 0. The van der Waals surface area contributed by atoms with Gasteiger partial charge in [0.15, 0.2) is 0 Å². The van der Waals surface area contributed by atoms with Crippen LogP contribution in [0.25, 0.3) is 0 Å². The van der Waals surface area contributed by atoms with Crippen LogP contribution in [0.5, 0.6) is 0 Å². The van der Waals surface area contributed by atoms with Gasteiger partial charge < -0.3 is 10.4 Å². The topological polar surface area (TPSA) is 63.0 Å². The van der Waals surface area contributed by atoms with Crippen molar-refractivity contribution in [3.05, 3.63) is 42.5 Å². The van der Waals surface area contributed by atoms with Crippen molar-refractivity contribution in [1.82, 2.24) is 14.8 Å². The van der Waals surface area contributed by atoms with Gasteiger partial charge >= 0.3 is 0 Å². The number of aromatic nitrogens is 3. The molecule has 1 heterocycles. The highest BCUT2D eigenvalue weighted by Crippen LogP contribution is 2.12. The minimum atomic E-state index is 0.196. The van der Waals surface area contributed by atoms with Gasteiger partial charge in [-0.05, 0) is 37.5 Å². The van der Waals surface area contributed by atoms with Gasteiger partial charge in [0.1, 0.15) is 12.7 Å².